The highest BCUT2D eigenvalue weighted by Gasteiger charge is 2.31. The molecule has 0 spiro atoms. The van der Waals surface area contributed by atoms with Crippen molar-refractivity contribution in [2.45, 2.75) is 11.1 Å². The topological polar surface area (TPSA) is 66.9 Å². The Morgan fingerprint density at radius 3 is 2.17 bits per heavy atom. The molecule has 1 fully saturated rings. The number of hydrogen-bond donors (Lipinski definition) is 0. The van der Waals surface area contributed by atoms with E-state index in [0.717, 1.165) is 17.1 Å². The summed E-state index contributed by atoms with van der Waals surface area (Å²) >= 11 is 0. The Labute approximate surface area is 170 Å². The van der Waals surface area contributed by atoms with Crippen LogP contribution in [0.2, 0.25) is 0 Å². The molecule has 7 heteroatoms. The van der Waals surface area contributed by atoms with Crippen LogP contribution >= 0.6 is 0 Å². The number of sulfonamides is 1. The van der Waals surface area contributed by atoms with Gasteiger partial charge < -0.3 is 4.74 Å². The Kier molecular flexibility index (Phi) is 5.62. The molecule has 0 N–H and O–H groups in total. The molecule has 4 rings (SSSR count). The third-order valence-corrected chi connectivity index (χ3v) is 7.00. The second-order valence-electron chi connectivity index (χ2n) is 6.91. The summed E-state index contributed by atoms with van der Waals surface area (Å²) in [5.74, 6) is 0.607. The molecule has 29 heavy (non-hydrogen) atoms. The summed E-state index contributed by atoms with van der Waals surface area (Å²) < 4.78 is 33.4. The fourth-order valence-electron chi connectivity index (χ4n) is 3.50. The van der Waals surface area contributed by atoms with E-state index < -0.39 is 16.3 Å². The number of fused-ring (bicyclic) bond motifs is 1. The highest BCUT2D eigenvalue weighted by Crippen LogP contribution is 2.23. The summed E-state index contributed by atoms with van der Waals surface area (Å²) in [5.41, 5.74) is 0. The van der Waals surface area contributed by atoms with E-state index in [1.807, 2.05) is 53.4 Å². The molecule has 0 aliphatic carbocycles. The van der Waals surface area contributed by atoms with Gasteiger partial charge in [0.2, 0.25) is 16.3 Å². The van der Waals surface area contributed by atoms with Gasteiger partial charge in [0.1, 0.15) is 5.75 Å². The van der Waals surface area contributed by atoms with E-state index in [9.17, 15) is 13.2 Å². The van der Waals surface area contributed by atoms with Gasteiger partial charge in [0.15, 0.2) is 6.29 Å². The number of piperazine rings is 1. The second-order valence-corrected chi connectivity index (χ2v) is 8.84. The van der Waals surface area contributed by atoms with E-state index in [2.05, 4.69) is 0 Å². The summed E-state index contributed by atoms with van der Waals surface area (Å²) in [6, 6.07) is 22.0. The molecule has 1 aliphatic heterocycles. The highest BCUT2D eigenvalue weighted by molar-refractivity contribution is 7.89. The average molecular weight is 410 g/mol. The standard InChI is InChI=1S/C22H22N2O4S/c25-17-22(28-20-8-2-1-3-9-20)23-12-14-24(15-13-23)29(26,27)21-11-10-18-6-4-5-7-19(18)16-21/h1-11,16-17,22H,12-15H2. The average Bonchev–Trinajstić information content (AvgIpc) is 2.78. The maximum absolute atomic E-state index is 13.1. The highest BCUT2D eigenvalue weighted by atomic mass is 32.2. The molecule has 0 aromatic heterocycles. The van der Waals surface area contributed by atoms with Crippen LogP contribution in [0.1, 0.15) is 0 Å². The fraction of sp³-hybridized carbons (Fsp3) is 0.227. The van der Waals surface area contributed by atoms with Crippen molar-refractivity contribution in [1.29, 1.82) is 0 Å². The van der Waals surface area contributed by atoms with Crippen molar-refractivity contribution in [2.24, 2.45) is 0 Å². The third kappa shape index (κ3) is 4.17. The maximum Gasteiger partial charge on any atom is 0.243 e. The number of carbonyl (C=O) groups is 1. The third-order valence-electron chi connectivity index (χ3n) is 5.11. The molecule has 6 nitrogen and oxygen atoms in total. The molecule has 1 atom stereocenters. The number of rotatable bonds is 6. The summed E-state index contributed by atoms with van der Waals surface area (Å²) in [6.07, 6.45) is 0.0171. The van der Waals surface area contributed by atoms with Crippen LogP contribution in [0.25, 0.3) is 10.8 Å². The monoisotopic (exact) mass is 410 g/mol. The first-order valence-corrected chi connectivity index (χ1v) is 10.9. The van der Waals surface area contributed by atoms with Crippen LogP contribution in [-0.4, -0.2) is 56.3 Å². The SMILES string of the molecule is O=CC(Oc1ccccc1)N1CCN(S(=O)(=O)c2ccc3ccccc3c2)CC1. The molecular formula is C22H22N2O4S. The largest absolute Gasteiger partial charge is 0.468 e. The van der Waals surface area contributed by atoms with E-state index in [0.29, 0.717) is 31.9 Å². The summed E-state index contributed by atoms with van der Waals surface area (Å²) in [7, 11) is -3.59. The van der Waals surface area contributed by atoms with Crippen molar-refractivity contribution in [3.8, 4) is 5.75 Å². The number of hydrogen-bond acceptors (Lipinski definition) is 5. The second kappa shape index (κ2) is 8.32. The minimum Gasteiger partial charge on any atom is -0.468 e. The van der Waals surface area contributed by atoms with E-state index in [1.54, 1.807) is 24.3 Å². The first-order valence-electron chi connectivity index (χ1n) is 9.48. The Morgan fingerprint density at radius 1 is 0.828 bits per heavy atom. The number of benzene rings is 3. The number of aldehydes is 1. The lowest BCUT2D eigenvalue weighted by molar-refractivity contribution is -0.122. The number of para-hydroxylation sites is 1. The van der Waals surface area contributed by atoms with Gasteiger partial charge >= 0.3 is 0 Å². The van der Waals surface area contributed by atoms with Gasteiger partial charge in [0.25, 0.3) is 0 Å². The Hall–Kier alpha value is -2.74. The molecule has 150 valence electrons. The molecule has 0 bridgehead atoms. The van der Waals surface area contributed by atoms with Crippen molar-refractivity contribution < 1.29 is 17.9 Å². The zero-order chi connectivity index (χ0) is 20.3. The molecule has 0 radical (unpaired) electrons. The van der Waals surface area contributed by atoms with Gasteiger partial charge in [-0.2, -0.15) is 4.31 Å². The van der Waals surface area contributed by atoms with E-state index in [-0.39, 0.29) is 4.90 Å². The fourth-order valence-corrected chi connectivity index (χ4v) is 4.96. The first kappa shape index (κ1) is 19.6. The predicted octanol–water partition coefficient (Wildman–Crippen LogP) is 2.75. The molecule has 1 unspecified atom stereocenters. The van der Waals surface area contributed by atoms with Crippen LogP contribution in [-0.2, 0) is 14.8 Å². The lowest BCUT2D eigenvalue weighted by Gasteiger charge is -2.36. The summed E-state index contributed by atoms with van der Waals surface area (Å²) in [6.45, 7) is 1.45. The minimum absolute atomic E-state index is 0.289. The lowest BCUT2D eigenvalue weighted by Crippen LogP contribution is -2.53. The molecule has 1 heterocycles. The van der Waals surface area contributed by atoms with Crippen LogP contribution in [0.5, 0.6) is 5.75 Å². The zero-order valence-corrected chi connectivity index (χ0v) is 16.7. The van der Waals surface area contributed by atoms with Crippen LogP contribution in [0.15, 0.2) is 77.7 Å². The number of nitrogens with zero attached hydrogens (tertiary/aromatic N) is 2. The Bertz CT molecular complexity index is 1090. The molecule has 1 aliphatic rings. The van der Waals surface area contributed by atoms with Crippen LogP contribution in [0.3, 0.4) is 0 Å². The zero-order valence-electron chi connectivity index (χ0n) is 15.8. The van der Waals surface area contributed by atoms with E-state index in [4.69, 9.17) is 4.74 Å². The summed E-state index contributed by atoms with van der Waals surface area (Å²) in [5, 5.41) is 1.90. The molecule has 1 saturated heterocycles. The van der Waals surface area contributed by atoms with E-state index >= 15 is 0 Å². The maximum atomic E-state index is 13.1. The van der Waals surface area contributed by atoms with Crippen LogP contribution in [0, 0.1) is 0 Å². The van der Waals surface area contributed by atoms with Gasteiger partial charge in [-0.05, 0) is 35.0 Å². The van der Waals surface area contributed by atoms with Crippen LogP contribution < -0.4 is 4.74 Å². The van der Waals surface area contributed by atoms with Gasteiger partial charge in [0, 0.05) is 26.2 Å². The summed E-state index contributed by atoms with van der Waals surface area (Å²) in [4.78, 5) is 13.7. The van der Waals surface area contributed by atoms with Gasteiger partial charge in [-0.1, -0.05) is 48.5 Å². The normalized spacial score (nSPS) is 17.1. The van der Waals surface area contributed by atoms with Crippen molar-refractivity contribution in [3.05, 3.63) is 72.8 Å². The van der Waals surface area contributed by atoms with Crippen molar-refractivity contribution in [3.63, 3.8) is 0 Å². The molecular weight excluding hydrogens is 388 g/mol. The minimum atomic E-state index is -3.59. The first-order chi connectivity index (χ1) is 14.1. The van der Waals surface area contributed by atoms with Gasteiger partial charge in [0.05, 0.1) is 4.90 Å². The Balaban J connectivity index is 1.45. The van der Waals surface area contributed by atoms with Crippen molar-refractivity contribution in [2.75, 3.05) is 26.2 Å². The van der Waals surface area contributed by atoms with Crippen LogP contribution in [0.4, 0.5) is 0 Å². The number of carbonyl (C=O) groups excluding carboxylic acids is 1. The van der Waals surface area contributed by atoms with Crippen molar-refractivity contribution in [1.82, 2.24) is 9.21 Å². The molecule has 3 aromatic carbocycles. The Morgan fingerprint density at radius 2 is 1.48 bits per heavy atom. The van der Waals surface area contributed by atoms with E-state index in [1.165, 1.54) is 4.31 Å². The smallest absolute Gasteiger partial charge is 0.243 e. The molecule has 0 amide bonds. The molecule has 3 aromatic rings. The quantitative estimate of drug-likeness (QED) is 0.585. The lowest BCUT2D eigenvalue weighted by atomic mass is 10.1. The predicted molar refractivity (Wildman–Crippen MR) is 111 cm³/mol. The van der Waals surface area contributed by atoms with Gasteiger partial charge in [-0.3, -0.25) is 9.69 Å². The molecule has 0 saturated carbocycles. The van der Waals surface area contributed by atoms with Gasteiger partial charge in [-0.25, -0.2) is 8.42 Å². The number of ether oxygens (including phenoxy) is 1. The van der Waals surface area contributed by atoms with Gasteiger partial charge in [-0.15, -0.1) is 0 Å². The van der Waals surface area contributed by atoms with Crippen molar-refractivity contribution >= 4 is 27.1 Å².